The summed E-state index contributed by atoms with van der Waals surface area (Å²) < 4.78 is 10.9. The molecule has 1 atom stereocenters. The van der Waals surface area contributed by atoms with E-state index in [1.807, 2.05) is 0 Å². The Labute approximate surface area is 165 Å². The standard InChI is InChI=1S/C20H41N5O2/c1-4-21-20(22-7-5-6-8-24-9-13-26-14-10-24)23-17-19(18(2)3)25-11-15-27-16-12-25/h18-19H,4-17H2,1-3H3,(H2,21,22,23). The summed E-state index contributed by atoms with van der Waals surface area (Å²) in [6.07, 6.45) is 2.38. The van der Waals surface area contributed by atoms with E-state index in [9.17, 15) is 0 Å². The highest BCUT2D eigenvalue weighted by atomic mass is 16.5. The van der Waals surface area contributed by atoms with E-state index >= 15 is 0 Å². The molecule has 2 rings (SSSR count). The van der Waals surface area contributed by atoms with E-state index in [0.717, 1.165) is 78.2 Å². The van der Waals surface area contributed by atoms with E-state index in [4.69, 9.17) is 14.5 Å². The van der Waals surface area contributed by atoms with Crippen molar-refractivity contribution in [3.63, 3.8) is 0 Å². The van der Waals surface area contributed by atoms with Gasteiger partial charge in [-0.3, -0.25) is 14.8 Å². The Bertz CT molecular complexity index is 407. The number of ether oxygens (including phenoxy) is 2. The molecular formula is C20H41N5O2. The Morgan fingerprint density at radius 2 is 1.63 bits per heavy atom. The molecule has 0 aromatic rings. The summed E-state index contributed by atoms with van der Waals surface area (Å²) in [4.78, 5) is 9.91. The number of nitrogens with zero attached hydrogens (tertiary/aromatic N) is 3. The molecule has 7 heteroatoms. The van der Waals surface area contributed by atoms with Crippen molar-refractivity contribution in [3.8, 4) is 0 Å². The quantitative estimate of drug-likeness (QED) is 0.334. The van der Waals surface area contributed by atoms with Gasteiger partial charge in [0.05, 0.1) is 33.0 Å². The first-order valence-corrected chi connectivity index (χ1v) is 10.8. The summed E-state index contributed by atoms with van der Waals surface area (Å²) in [6, 6.07) is 0.477. The van der Waals surface area contributed by atoms with Gasteiger partial charge in [-0.1, -0.05) is 13.8 Å². The van der Waals surface area contributed by atoms with Gasteiger partial charge in [-0.25, -0.2) is 0 Å². The molecule has 0 aliphatic carbocycles. The SMILES string of the molecule is CCNC(=NCC(C(C)C)N1CCOCC1)NCCCCN1CCOCC1. The van der Waals surface area contributed by atoms with Crippen LogP contribution in [0.3, 0.4) is 0 Å². The highest BCUT2D eigenvalue weighted by Crippen LogP contribution is 2.13. The van der Waals surface area contributed by atoms with Gasteiger partial charge in [0.15, 0.2) is 5.96 Å². The number of morpholine rings is 2. The lowest BCUT2D eigenvalue weighted by Crippen LogP contribution is -2.48. The zero-order chi connectivity index (χ0) is 19.3. The van der Waals surface area contributed by atoms with E-state index in [2.05, 4.69) is 41.2 Å². The number of rotatable bonds is 10. The summed E-state index contributed by atoms with van der Waals surface area (Å²) in [5.41, 5.74) is 0. The van der Waals surface area contributed by atoms with Gasteiger partial charge in [0.1, 0.15) is 0 Å². The summed E-state index contributed by atoms with van der Waals surface area (Å²) in [6.45, 7) is 18.2. The van der Waals surface area contributed by atoms with Gasteiger partial charge in [0, 0.05) is 45.3 Å². The normalized spacial score (nSPS) is 21.4. The fourth-order valence-electron chi connectivity index (χ4n) is 3.68. The number of aliphatic imine (C=N–C) groups is 1. The lowest BCUT2D eigenvalue weighted by atomic mass is 10.0. The van der Waals surface area contributed by atoms with Gasteiger partial charge < -0.3 is 20.1 Å². The second-order valence-electron chi connectivity index (χ2n) is 7.77. The van der Waals surface area contributed by atoms with Crippen LogP contribution < -0.4 is 10.6 Å². The fraction of sp³-hybridized carbons (Fsp3) is 0.950. The maximum Gasteiger partial charge on any atom is 0.191 e. The smallest absolute Gasteiger partial charge is 0.191 e. The lowest BCUT2D eigenvalue weighted by Gasteiger charge is -2.36. The summed E-state index contributed by atoms with van der Waals surface area (Å²) >= 11 is 0. The molecule has 0 radical (unpaired) electrons. The molecule has 2 saturated heterocycles. The highest BCUT2D eigenvalue weighted by molar-refractivity contribution is 5.79. The van der Waals surface area contributed by atoms with Gasteiger partial charge in [-0.15, -0.1) is 0 Å². The minimum absolute atomic E-state index is 0.477. The zero-order valence-corrected chi connectivity index (χ0v) is 17.7. The first-order chi connectivity index (χ1) is 13.2. The van der Waals surface area contributed by atoms with Crippen LogP contribution in [0.5, 0.6) is 0 Å². The maximum atomic E-state index is 5.50. The van der Waals surface area contributed by atoms with Gasteiger partial charge in [-0.2, -0.15) is 0 Å². The molecule has 2 N–H and O–H groups in total. The minimum Gasteiger partial charge on any atom is -0.379 e. The molecule has 1 unspecified atom stereocenters. The fourth-order valence-corrected chi connectivity index (χ4v) is 3.68. The maximum absolute atomic E-state index is 5.50. The van der Waals surface area contributed by atoms with Crippen LogP contribution in [0.1, 0.15) is 33.6 Å². The van der Waals surface area contributed by atoms with Crippen molar-refractivity contribution < 1.29 is 9.47 Å². The molecule has 7 nitrogen and oxygen atoms in total. The molecule has 2 fully saturated rings. The van der Waals surface area contributed by atoms with Crippen LogP contribution in [-0.2, 0) is 9.47 Å². The summed E-state index contributed by atoms with van der Waals surface area (Å²) in [7, 11) is 0. The summed E-state index contributed by atoms with van der Waals surface area (Å²) in [5, 5.41) is 6.90. The molecule has 2 aliphatic rings. The predicted octanol–water partition coefficient (Wildman–Crippen LogP) is 1.01. The first kappa shape index (κ1) is 22.4. The van der Waals surface area contributed by atoms with Gasteiger partial charge in [0.2, 0.25) is 0 Å². The monoisotopic (exact) mass is 383 g/mol. The second-order valence-corrected chi connectivity index (χ2v) is 7.77. The molecular weight excluding hydrogens is 342 g/mol. The molecule has 0 bridgehead atoms. The molecule has 0 amide bonds. The Hall–Kier alpha value is -0.890. The molecule has 2 heterocycles. The van der Waals surface area contributed by atoms with Crippen molar-refractivity contribution in [1.82, 2.24) is 20.4 Å². The second kappa shape index (κ2) is 13.3. The largest absolute Gasteiger partial charge is 0.379 e. The summed E-state index contributed by atoms with van der Waals surface area (Å²) in [5.74, 6) is 1.53. The Kier molecular flexibility index (Phi) is 11.0. The third kappa shape index (κ3) is 8.77. The van der Waals surface area contributed by atoms with Crippen molar-refractivity contribution in [1.29, 1.82) is 0 Å². The number of guanidine groups is 1. The van der Waals surface area contributed by atoms with Gasteiger partial charge in [-0.05, 0) is 32.2 Å². The van der Waals surface area contributed by atoms with E-state index in [1.54, 1.807) is 0 Å². The van der Waals surface area contributed by atoms with Crippen LogP contribution in [0.15, 0.2) is 4.99 Å². The van der Waals surface area contributed by atoms with Crippen molar-refractivity contribution in [2.24, 2.45) is 10.9 Å². The number of nitrogens with one attached hydrogen (secondary N) is 2. The Morgan fingerprint density at radius 1 is 0.963 bits per heavy atom. The van der Waals surface area contributed by atoms with Crippen molar-refractivity contribution in [2.75, 3.05) is 78.8 Å². The van der Waals surface area contributed by atoms with Crippen molar-refractivity contribution in [3.05, 3.63) is 0 Å². The van der Waals surface area contributed by atoms with Crippen LogP contribution in [0.2, 0.25) is 0 Å². The zero-order valence-electron chi connectivity index (χ0n) is 17.7. The van der Waals surface area contributed by atoms with Crippen LogP contribution in [-0.4, -0.2) is 101 Å². The van der Waals surface area contributed by atoms with Gasteiger partial charge in [0.25, 0.3) is 0 Å². The minimum atomic E-state index is 0.477. The Balaban J connectivity index is 1.71. The number of unbranched alkanes of at least 4 members (excludes halogenated alkanes) is 1. The van der Waals surface area contributed by atoms with Crippen molar-refractivity contribution in [2.45, 2.75) is 39.7 Å². The third-order valence-electron chi connectivity index (χ3n) is 5.36. The highest BCUT2D eigenvalue weighted by Gasteiger charge is 2.23. The predicted molar refractivity (Wildman–Crippen MR) is 111 cm³/mol. The molecule has 158 valence electrons. The third-order valence-corrected chi connectivity index (χ3v) is 5.36. The average molecular weight is 384 g/mol. The van der Waals surface area contributed by atoms with Crippen LogP contribution in [0.4, 0.5) is 0 Å². The van der Waals surface area contributed by atoms with E-state index in [1.165, 1.54) is 19.4 Å². The van der Waals surface area contributed by atoms with Crippen molar-refractivity contribution >= 4 is 5.96 Å². The molecule has 27 heavy (non-hydrogen) atoms. The molecule has 0 aromatic heterocycles. The molecule has 2 aliphatic heterocycles. The van der Waals surface area contributed by atoms with E-state index < -0.39 is 0 Å². The van der Waals surface area contributed by atoms with Gasteiger partial charge >= 0.3 is 0 Å². The topological polar surface area (TPSA) is 61.4 Å². The first-order valence-electron chi connectivity index (χ1n) is 10.8. The average Bonchev–Trinajstić information content (AvgIpc) is 2.69. The van der Waals surface area contributed by atoms with E-state index in [-0.39, 0.29) is 0 Å². The number of hydrogen-bond acceptors (Lipinski definition) is 5. The molecule has 0 saturated carbocycles. The molecule has 0 spiro atoms. The van der Waals surface area contributed by atoms with E-state index in [0.29, 0.717) is 12.0 Å². The lowest BCUT2D eigenvalue weighted by molar-refractivity contribution is 0.00867. The molecule has 0 aromatic carbocycles. The number of hydrogen-bond donors (Lipinski definition) is 2. The van der Waals surface area contributed by atoms with Crippen LogP contribution >= 0.6 is 0 Å². The van der Waals surface area contributed by atoms with Crippen LogP contribution in [0, 0.1) is 5.92 Å². The van der Waals surface area contributed by atoms with Crippen LogP contribution in [0.25, 0.3) is 0 Å². The Morgan fingerprint density at radius 3 is 2.26 bits per heavy atom.